The molecule has 0 aliphatic rings. The molecule has 2 N–H and O–H groups in total. The third kappa shape index (κ3) is 5.59. The zero-order chi connectivity index (χ0) is 19.1. The summed E-state index contributed by atoms with van der Waals surface area (Å²) in [6.45, 7) is 0.450. The Morgan fingerprint density at radius 2 is 1.81 bits per heavy atom. The van der Waals surface area contributed by atoms with Crippen LogP contribution in [0.2, 0.25) is 5.02 Å². The molecule has 0 atom stereocenters. The molecular weight excluding hydrogens is 364 g/mol. The SMILES string of the molecule is O=C(O)c1ccc(N/N=C\c2cccc(OCc3ccc(Cl)cc3)c2)cc1. The molecule has 0 unspecified atom stereocenters. The average Bonchev–Trinajstić information content (AvgIpc) is 2.68. The molecule has 6 heteroatoms. The summed E-state index contributed by atoms with van der Waals surface area (Å²) in [6, 6.07) is 21.4. The lowest BCUT2D eigenvalue weighted by Gasteiger charge is -2.07. The van der Waals surface area contributed by atoms with Gasteiger partial charge in [-0.1, -0.05) is 35.9 Å². The van der Waals surface area contributed by atoms with E-state index in [-0.39, 0.29) is 5.56 Å². The molecule has 3 rings (SSSR count). The number of aromatic carboxylic acids is 1. The molecule has 0 amide bonds. The number of halogens is 1. The number of benzene rings is 3. The Hall–Kier alpha value is -3.31. The maximum atomic E-state index is 10.8. The van der Waals surface area contributed by atoms with Crippen molar-refractivity contribution in [1.82, 2.24) is 0 Å². The summed E-state index contributed by atoms with van der Waals surface area (Å²) in [5, 5.41) is 13.7. The van der Waals surface area contributed by atoms with E-state index >= 15 is 0 Å². The predicted molar refractivity (Wildman–Crippen MR) is 107 cm³/mol. The van der Waals surface area contributed by atoms with Crippen molar-refractivity contribution >= 4 is 29.5 Å². The van der Waals surface area contributed by atoms with Gasteiger partial charge in [-0.3, -0.25) is 5.43 Å². The highest BCUT2D eigenvalue weighted by Crippen LogP contribution is 2.16. The summed E-state index contributed by atoms with van der Waals surface area (Å²) >= 11 is 5.88. The van der Waals surface area contributed by atoms with Gasteiger partial charge in [0.15, 0.2) is 0 Å². The molecule has 3 aromatic rings. The fourth-order valence-electron chi connectivity index (χ4n) is 2.30. The number of anilines is 1. The Kier molecular flexibility index (Phi) is 6.07. The number of hydrogen-bond acceptors (Lipinski definition) is 4. The van der Waals surface area contributed by atoms with Gasteiger partial charge in [-0.25, -0.2) is 4.79 Å². The van der Waals surface area contributed by atoms with E-state index in [0.717, 1.165) is 16.9 Å². The first-order valence-electron chi connectivity index (χ1n) is 8.20. The number of nitrogens with zero attached hydrogens (tertiary/aromatic N) is 1. The van der Waals surface area contributed by atoms with Crippen LogP contribution in [0.15, 0.2) is 77.9 Å². The van der Waals surface area contributed by atoms with Crippen LogP contribution in [0.1, 0.15) is 21.5 Å². The maximum absolute atomic E-state index is 10.8. The summed E-state index contributed by atoms with van der Waals surface area (Å²) in [4.78, 5) is 10.8. The first-order chi connectivity index (χ1) is 13.1. The van der Waals surface area contributed by atoms with Gasteiger partial charge in [-0.15, -0.1) is 0 Å². The zero-order valence-electron chi connectivity index (χ0n) is 14.3. The van der Waals surface area contributed by atoms with Gasteiger partial charge >= 0.3 is 5.97 Å². The van der Waals surface area contributed by atoms with E-state index in [9.17, 15) is 4.79 Å². The summed E-state index contributed by atoms with van der Waals surface area (Å²) in [7, 11) is 0. The van der Waals surface area contributed by atoms with Crippen LogP contribution in [0.5, 0.6) is 5.75 Å². The standard InChI is InChI=1S/C21H17ClN2O3/c22-18-8-4-15(5-9-18)14-27-20-3-1-2-16(12-20)13-23-24-19-10-6-17(7-11-19)21(25)26/h1-13,24H,14H2,(H,25,26)/b23-13-. The molecule has 0 aromatic heterocycles. The first kappa shape index (κ1) is 18.5. The Morgan fingerprint density at radius 3 is 2.52 bits per heavy atom. The second-order valence-corrected chi connectivity index (χ2v) is 6.18. The van der Waals surface area contributed by atoms with Crippen LogP contribution in [-0.2, 0) is 6.61 Å². The molecule has 0 fully saturated rings. The number of ether oxygens (including phenoxy) is 1. The van der Waals surface area contributed by atoms with Gasteiger partial charge in [0.25, 0.3) is 0 Å². The predicted octanol–water partition coefficient (Wildman–Crippen LogP) is 5.06. The van der Waals surface area contributed by atoms with Crippen LogP contribution < -0.4 is 10.2 Å². The lowest BCUT2D eigenvalue weighted by atomic mass is 10.2. The van der Waals surface area contributed by atoms with Gasteiger partial charge < -0.3 is 9.84 Å². The second kappa shape index (κ2) is 8.87. The summed E-state index contributed by atoms with van der Waals surface area (Å²) in [5.74, 6) is -0.222. The molecule has 0 aliphatic heterocycles. The van der Waals surface area contributed by atoms with Gasteiger partial charge in [-0.05, 0) is 59.7 Å². The fourth-order valence-corrected chi connectivity index (χ4v) is 2.43. The molecule has 0 radical (unpaired) electrons. The van der Waals surface area contributed by atoms with Crippen LogP contribution in [0.4, 0.5) is 5.69 Å². The highest BCUT2D eigenvalue weighted by Gasteiger charge is 2.01. The number of rotatable bonds is 7. The summed E-state index contributed by atoms with van der Waals surface area (Å²) < 4.78 is 5.79. The van der Waals surface area contributed by atoms with Gasteiger partial charge in [0, 0.05) is 5.02 Å². The maximum Gasteiger partial charge on any atom is 0.335 e. The zero-order valence-corrected chi connectivity index (χ0v) is 15.1. The van der Waals surface area contributed by atoms with Gasteiger partial charge in [0.1, 0.15) is 12.4 Å². The van der Waals surface area contributed by atoms with Crippen molar-refractivity contribution in [3.05, 3.63) is 94.5 Å². The van der Waals surface area contributed by atoms with Crippen molar-refractivity contribution in [2.45, 2.75) is 6.61 Å². The third-order valence-electron chi connectivity index (χ3n) is 3.72. The van der Waals surface area contributed by atoms with E-state index in [1.807, 2.05) is 48.5 Å². The van der Waals surface area contributed by atoms with Gasteiger partial charge in [0.05, 0.1) is 17.5 Å². The van der Waals surface area contributed by atoms with Crippen LogP contribution in [0.3, 0.4) is 0 Å². The normalized spacial score (nSPS) is 10.7. The Morgan fingerprint density at radius 1 is 1.07 bits per heavy atom. The second-order valence-electron chi connectivity index (χ2n) is 5.74. The van der Waals surface area contributed by atoms with Crippen molar-refractivity contribution < 1.29 is 14.6 Å². The van der Waals surface area contributed by atoms with Gasteiger partial charge in [-0.2, -0.15) is 5.10 Å². The minimum atomic E-state index is -0.958. The molecule has 0 saturated heterocycles. The number of carbonyl (C=O) groups is 1. The number of hydrogen-bond donors (Lipinski definition) is 2. The van der Waals surface area contributed by atoms with E-state index in [0.29, 0.717) is 17.3 Å². The van der Waals surface area contributed by atoms with Crippen LogP contribution in [0, 0.1) is 0 Å². The van der Waals surface area contributed by atoms with Crippen molar-refractivity contribution in [1.29, 1.82) is 0 Å². The average molecular weight is 381 g/mol. The van der Waals surface area contributed by atoms with Crippen LogP contribution in [0.25, 0.3) is 0 Å². The van der Waals surface area contributed by atoms with Crippen molar-refractivity contribution in [2.75, 3.05) is 5.43 Å². The molecular formula is C21H17ClN2O3. The molecule has 0 aliphatic carbocycles. The molecule has 0 bridgehead atoms. The van der Waals surface area contributed by atoms with E-state index in [1.54, 1.807) is 18.3 Å². The largest absolute Gasteiger partial charge is 0.489 e. The van der Waals surface area contributed by atoms with Crippen molar-refractivity contribution in [3.8, 4) is 5.75 Å². The van der Waals surface area contributed by atoms with E-state index in [2.05, 4.69) is 10.5 Å². The number of carboxylic acid groups (broad SMARTS) is 1. The highest BCUT2D eigenvalue weighted by atomic mass is 35.5. The first-order valence-corrected chi connectivity index (χ1v) is 8.58. The summed E-state index contributed by atoms with van der Waals surface area (Å²) in [6.07, 6.45) is 1.67. The summed E-state index contributed by atoms with van der Waals surface area (Å²) in [5.41, 5.74) is 5.70. The van der Waals surface area contributed by atoms with Crippen LogP contribution in [-0.4, -0.2) is 17.3 Å². The molecule has 0 spiro atoms. The highest BCUT2D eigenvalue weighted by molar-refractivity contribution is 6.30. The number of carboxylic acids is 1. The Labute approximate surface area is 161 Å². The van der Waals surface area contributed by atoms with Crippen molar-refractivity contribution in [2.24, 2.45) is 5.10 Å². The molecule has 0 heterocycles. The third-order valence-corrected chi connectivity index (χ3v) is 3.97. The Bertz CT molecular complexity index is 938. The monoisotopic (exact) mass is 380 g/mol. The van der Waals surface area contributed by atoms with E-state index < -0.39 is 5.97 Å². The molecule has 5 nitrogen and oxygen atoms in total. The lowest BCUT2D eigenvalue weighted by Crippen LogP contribution is -1.97. The molecule has 3 aromatic carbocycles. The van der Waals surface area contributed by atoms with E-state index in [4.69, 9.17) is 21.4 Å². The van der Waals surface area contributed by atoms with Gasteiger partial charge in [0.2, 0.25) is 0 Å². The topological polar surface area (TPSA) is 70.9 Å². The van der Waals surface area contributed by atoms with Crippen LogP contribution >= 0.6 is 11.6 Å². The molecule has 136 valence electrons. The van der Waals surface area contributed by atoms with E-state index in [1.165, 1.54) is 12.1 Å². The molecule has 0 saturated carbocycles. The minimum Gasteiger partial charge on any atom is -0.489 e. The Balaban J connectivity index is 1.57. The minimum absolute atomic E-state index is 0.232. The number of hydrazone groups is 1. The lowest BCUT2D eigenvalue weighted by molar-refractivity contribution is 0.0697. The molecule has 27 heavy (non-hydrogen) atoms. The fraction of sp³-hybridized carbons (Fsp3) is 0.0476. The van der Waals surface area contributed by atoms with Crippen molar-refractivity contribution in [3.63, 3.8) is 0 Å². The smallest absolute Gasteiger partial charge is 0.335 e. The number of nitrogens with one attached hydrogen (secondary N) is 1. The quantitative estimate of drug-likeness (QED) is 0.443.